The smallest absolute Gasteiger partial charge is 0.222 e. The van der Waals surface area contributed by atoms with E-state index in [1.807, 2.05) is 24.5 Å². The van der Waals surface area contributed by atoms with Crippen LogP contribution in [-0.4, -0.2) is 41.1 Å². The standard InChI is InChI=1S/C21H30N4O/c1-4-17-12-22-21(23-13-17)24-14-20-16(2)6-5-11-25(20)15-18-7-9-19(26-3)10-8-18/h7-10,12-13,16,20H,4-6,11,14-15H2,1-3H3,(H,22,23,24)/t16-,20-/m1/s1. The summed E-state index contributed by atoms with van der Waals surface area (Å²) in [6.07, 6.45) is 7.33. The monoisotopic (exact) mass is 354 g/mol. The second-order valence-corrected chi connectivity index (χ2v) is 7.15. The molecular weight excluding hydrogens is 324 g/mol. The zero-order chi connectivity index (χ0) is 18.4. The molecule has 1 aliphatic heterocycles. The van der Waals surface area contributed by atoms with Crippen molar-refractivity contribution >= 4 is 5.95 Å². The van der Waals surface area contributed by atoms with Crippen LogP contribution in [-0.2, 0) is 13.0 Å². The van der Waals surface area contributed by atoms with Gasteiger partial charge >= 0.3 is 0 Å². The lowest BCUT2D eigenvalue weighted by Crippen LogP contribution is -2.47. The number of hydrogen-bond acceptors (Lipinski definition) is 5. The molecule has 0 aliphatic carbocycles. The van der Waals surface area contributed by atoms with Gasteiger partial charge in [0.05, 0.1) is 7.11 Å². The molecule has 26 heavy (non-hydrogen) atoms. The molecule has 2 heterocycles. The van der Waals surface area contributed by atoms with Gasteiger partial charge in [0.1, 0.15) is 5.75 Å². The summed E-state index contributed by atoms with van der Waals surface area (Å²) in [5, 5.41) is 3.45. The van der Waals surface area contributed by atoms with Gasteiger partial charge in [0.2, 0.25) is 5.95 Å². The van der Waals surface area contributed by atoms with E-state index in [0.29, 0.717) is 12.0 Å². The van der Waals surface area contributed by atoms with E-state index in [4.69, 9.17) is 4.74 Å². The Morgan fingerprint density at radius 3 is 2.54 bits per heavy atom. The van der Waals surface area contributed by atoms with Gasteiger partial charge in [-0.05, 0) is 55.0 Å². The molecule has 2 atom stereocenters. The number of ether oxygens (including phenoxy) is 1. The van der Waals surface area contributed by atoms with Crippen molar-refractivity contribution < 1.29 is 4.74 Å². The number of piperidine rings is 1. The summed E-state index contributed by atoms with van der Waals surface area (Å²) in [4.78, 5) is 11.5. The van der Waals surface area contributed by atoms with Gasteiger partial charge in [-0.2, -0.15) is 0 Å². The molecule has 1 saturated heterocycles. The van der Waals surface area contributed by atoms with E-state index in [9.17, 15) is 0 Å². The first-order valence-electron chi connectivity index (χ1n) is 9.61. The lowest BCUT2D eigenvalue weighted by Gasteiger charge is -2.40. The van der Waals surface area contributed by atoms with Crippen LogP contribution >= 0.6 is 0 Å². The van der Waals surface area contributed by atoms with Crippen molar-refractivity contribution in [2.24, 2.45) is 5.92 Å². The predicted molar refractivity (Wildman–Crippen MR) is 105 cm³/mol. The Kier molecular flexibility index (Phi) is 6.45. The normalized spacial score (nSPS) is 20.7. The van der Waals surface area contributed by atoms with E-state index in [2.05, 4.69) is 46.2 Å². The van der Waals surface area contributed by atoms with Gasteiger partial charge in [0.25, 0.3) is 0 Å². The first-order valence-corrected chi connectivity index (χ1v) is 9.61. The lowest BCUT2D eigenvalue weighted by atomic mass is 9.90. The first kappa shape index (κ1) is 18.6. The van der Waals surface area contributed by atoms with Crippen molar-refractivity contribution in [1.82, 2.24) is 14.9 Å². The fourth-order valence-electron chi connectivity index (χ4n) is 3.65. The van der Waals surface area contributed by atoms with Crippen LogP contribution in [0.3, 0.4) is 0 Å². The molecule has 5 nitrogen and oxygen atoms in total. The average molecular weight is 354 g/mol. The minimum Gasteiger partial charge on any atom is -0.497 e. The third-order valence-electron chi connectivity index (χ3n) is 5.36. The number of aromatic nitrogens is 2. The van der Waals surface area contributed by atoms with E-state index < -0.39 is 0 Å². The third kappa shape index (κ3) is 4.73. The minimum absolute atomic E-state index is 0.486. The van der Waals surface area contributed by atoms with Gasteiger partial charge in [-0.25, -0.2) is 9.97 Å². The Hall–Kier alpha value is -2.14. The topological polar surface area (TPSA) is 50.3 Å². The molecule has 2 aromatic rings. The highest BCUT2D eigenvalue weighted by atomic mass is 16.5. The van der Waals surface area contributed by atoms with Crippen molar-refractivity contribution in [3.8, 4) is 5.75 Å². The fraction of sp³-hybridized carbons (Fsp3) is 0.524. The molecule has 0 bridgehead atoms. The lowest BCUT2D eigenvalue weighted by molar-refractivity contribution is 0.102. The second-order valence-electron chi connectivity index (χ2n) is 7.15. The van der Waals surface area contributed by atoms with Crippen LogP contribution in [0.1, 0.15) is 37.8 Å². The Balaban J connectivity index is 1.63. The Labute approximate surface area is 156 Å². The number of benzene rings is 1. The minimum atomic E-state index is 0.486. The number of methoxy groups -OCH3 is 1. The molecule has 0 spiro atoms. The van der Waals surface area contributed by atoms with Crippen molar-refractivity contribution in [3.05, 3.63) is 47.8 Å². The molecule has 3 rings (SSSR count). The molecule has 0 amide bonds. The highest BCUT2D eigenvalue weighted by Crippen LogP contribution is 2.25. The van der Waals surface area contributed by atoms with Crippen LogP contribution in [0.2, 0.25) is 0 Å². The van der Waals surface area contributed by atoms with Gasteiger partial charge in [0.15, 0.2) is 0 Å². The summed E-state index contributed by atoms with van der Waals surface area (Å²) in [5.74, 6) is 2.29. The van der Waals surface area contributed by atoms with Crippen LogP contribution in [0.4, 0.5) is 5.95 Å². The molecule has 0 radical (unpaired) electrons. The zero-order valence-corrected chi connectivity index (χ0v) is 16.1. The van der Waals surface area contributed by atoms with Gasteiger partial charge in [0, 0.05) is 31.5 Å². The Morgan fingerprint density at radius 2 is 1.88 bits per heavy atom. The summed E-state index contributed by atoms with van der Waals surface area (Å²) in [7, 11) is 1.71. The maximum atomic E-state index is 5.26. The van der Waals surface area contributed by atoms with Crippen LogP contribution in [0.5, 0.6) is 5.75 Å². The first-order chi connectivity index (χ1) is 12.7. The number of likely N-dealkylation sites (tertiary alicyclic amines) is 1. The molecule has 5 heteroatoms. The van der Waals surface area contributed by atoms with E-state index in [1.165, 1.54) is 24.0 Å². The summed E-state index contributed by atoms with van der Waals surface area (Å²) in [6, 6.07) is 8.89. The molecule has 1 N–H and O–H groups in total. The number of aryl methyl sites for hydroxylation is 1. The van der Waals surface area contributed by atoms with E-state index in [-0.39, 0.29) is 0 Å². The quantitative estimate of drug-likeness (QED) is 0.820. The molecule has 0 saturated carbocycles. The SMILES string of the molecule is CCc1cnc(NC[C@@H]2[C@H](C)CCCN2Cc2ccc(OC)cc2)nc1. The molecule has 0 unspecified atom stereocenters. The van der Waals surface area contributed by atoms with Gasteiger partial charge in [-0.15, -0.1) is 0 Å². The molecule has 1 aliphatic rings. The molecule has 1 fully saturated rings. The maximum Gasteiger partial charge on any atom is 0.222 e. The molecule has 1 aromatic heterocycles. The summed E-state index contributed by atoms with van der Waals surface area (Å²) < 4.78 is 5.26. The predicted octanol–water partition coefficient (Wildman–Crippen LogP) is 3.76. The van der Waals surface area contributed by atoms with Crippen LogP contribution in [0.15, 0.2) is 36.7 Å². The van der Waals surface area contributed by atoms with Crippen LogP contribution < -0.4 is 10.1 Å². The Morgan fingerprint density at radius 1 is 1.15 bits per heavy atom. The van der Waals surface area contributed by atoms with Gasteiger partial charge in [-0.1, -0.05) is 26.0 Å². The molecular formula is C21H30N4O. The molecule has 140 valence electrons. The van der Waals surface area contributed by atoms with Crippen LogP contribution in [0.25, 0.3) is 0 Å². The van der Waals surface area contributed by atoms with Gasteiger partial charge in [-0.3, -0.25) is 4.90 Å². The Bertz CT molecular complexity index is 671. The highest BCUT2D eigenvalue weighted by molar-refractivity contribution is 5.28. The summed E-state index contributed by atoms with van der Waals surface area (Å²) in [6.45, 7) is 7.46. The zero-order valence-electron chi connectivity index (χ0n) is 16.1. The number of nitrogens with zero attached hydrogens (tertiary/aromatic N) is 3. The molecule has 1 aromatic carbocycles. The summed E-state index contributed by atoms with van der Waals surface area (Å²) in [5.41, 5.74) is 2.50. The highest BCUT2D eigenvalue weighted by Gasteiger charge is 2.28. The van der Waals surface area contributed by atoms with Crippen molar-refractivity contribution in [2.75, 3.05) is 25.5 Å². The van der Waals surface area contributed by atoms with E-state index in [1.54, 1.807) is 7.11 Å². The average Bonchev–Trinajstić information content (AvgIpc) is 2.68. The fourth-order valence-corrected chi connectivity index (χ4v) is 3.65. The number of anilines is 1. The maximum absolute atomic E-state index is 5.26. The van der Waals surface area contributed by atoms with E-state index >= 15 is 0 Å². The van der Waals surface area contributed by atoms with Crippen molar-refractivity contribution in [3.63, 3.8) is 0 Å². The number of rotatable bonds is 7. The van der Waals surface area contributed by atoms with Crippen molar-refractivity contribution in [1.29, 1.82) is 0 Å². The van der Waals surface area contributed by atoms with Crippen LogP contribution in [0, 0.1) is 5.92 Å². The number of hydrogen-bond donors (Lipinski definition) is 1. The van der Waals surface area contributed by atoms with Crippen molar-refractivity contribution in [2.45, 2.75) is 45.7 Å². The summed E-state index contributed by atoms with van der Waals surface area (Å²) >= 11 is 0. The number of nitrogens with one attached hydrogen (secondary N) is 1. The third-order valence-corrected chi connectivity index (χ3v) is 5.36. The second kappa shape index (κ2) is 8.99. The van der Waals surface area contributed by atoms with Gasteiger partial charge < -0.3 is 10.1 Å². The largest absolute Gasteiger partial charge is 0.497 e. The van der Waals surface area contributed by atoms with E-state index in [0.717, 1.165) is 37.8 Å².